The monoisotopic (exact) mass is 508 g/mol. The number of benzene rings is 2. The number of amides is 1. The summed E-state index contributed by atoms with van der Waals surface area (Å²) < 4.78 is 21.7. The highest BCUT2D eigenvalue weighted by molar-refractivity contribution is 6.08. The normalized spacial score (nSPS) is 19.7. The van der Waals surface area contributed by atoms with Gasteiger partial charge in [0.25, 0.3) is 0 Å². The Kier molecular flexibility index (Phi) is 8.01. The summed E-state index contributed by atoms with van der Waals surface area (Å²) in [7, 11) is 6.33. The van der Waals surface area contributed by atoms with Crippen LogP contribution >= 0.6 is 0 Å². The summed E-state index contributed by atoms with van der Waals surface area (Å²) in [5.74, 6) is 1.05. The van der Waals surface area contributed by atoms with Crippen LogP contribution in [0.25, 0.3) is 6.08 Å². The van der Waals surface area contributed by atoms with Crippen molar-refractivity contribution in [3.05, 3.63) is 53.1 Å². The second kappa shape index (κ2) is 11.4. The number of rotatable bonds is 9. The average molecular weight is 509 g/mol. The molecule has 2 aliphatic rings. The highest BCUT2D eigenvalue weighted by atomic mass is 16.5. The number of fused-ring (bicyclic) bond motifs is 1. The number of hydrazone groups is 1. The van der Waals surface area contributed by atoms with Gasteiger partial charge in [-0.1, -0.05) is 12.1 Å². The predicted octanol–water partition coefficient (Wildman–Crippen LogP) is 4.71. The van der Waals surface area contributed by atoms with Crippen molar-refractivity contribution in [3.8, 4) is 23.0 Å². The molecule has 1 aliphatic carbocycles. The van der Waals surface area contributed by atoms with Crippen molar-refractivity contribution in [1.29, 1.82) is 0 Å². The fraction of sp³-hybridized carbons (Fsp3) is 0.393. The van der Waals surface area contributed by atoms with Crippen molar-refractivity contribution in [3.63, 3.8) is 0 Å². The van der Waals surface area contributed by atoms with Crippen LogP contribution in [0.4, 0.5) is 0 Å². The van der Waals surface area contributed by atoms with Gasteiger partial charge < -0.3 is 24.1 Å². The quantitative estimate of drug-likeness (QED) is 0.523. The number of hydrogen-bond donors (Lipinski definition) is 1. The maximum Gasteiger partial charge on any atom is 0.303 e. The van der Waals surface area contributed by atoms with E-state index >= 15 is 0 Å². The van der Waals surface area contributed by atoms with Gasteiger partial charge >= 0.3 is 5.97 Å². The second-order valence-electron chi connectivity index (χ2n) is 8.96. The van der Waals surface area contributed by atoms with Crippen LogP contribution in [-0.4, -0.2) is 56.1 Å². The number of carbonyl (C=O) groups is 2. The van der Waals surface area contributed by atoms with E-state index in [0.717, 1.165) is 41.7 Å². The minimum atomic E-state index is -1.02. The molecule has 1 N–H and O–H groups in total. The molecule has 0 radical (unpaired) electrons. The summed E-state index contributed by atoms with van der Waals surface area (Å²) in [6.07, 6.45) is 4.30. The SMILES string of the molecule is COc1ccc(/C=C2\CCC[C@@H]3C2=NN(C(=O)CCC(=O)O)[C@H]3c2ccc(OC)c(OC)c2)cc1OC. The Labute approximate surface area is 216 Å². The maximum atomic E-state index is 13.2. The van der Waals surface area contributed by atoms with E-state index in [1.165, 1.54) is 5.01 Å². The fourth-order valence-electron chi connectivity index (χ4n) is 5.05. The third-order valence-corrected chi connectivity index (χ3v) is 6.81. The van der Waals surface area contributed by atoms with E-state index in [9.17, 15) is 9.59 Å². The van der Waals surface area contributed by atoms with Gasteiger partial charge in [0.2, 0.25) is 5.91 Å². The molecule has 0 aromatic heterocycles. The topological polar surface area (TPSA) is 107 Å². The lowest BCUT2D eigenvalue weighted by Gasteiger charge is -2.30. The molecule has 1 amide bonds. The minimum Gasteiger partial charge on any atom is -0.493 e. The molecule has 2 atom stereocenters. The Morgan fingerprint density at radius 1 is 0.946 bits per heavy atom. The number of hydrogen-bond acceptors (Lipinski definition) is 7. The molecule has 9 heteroatoms. The summed E-state index contributed by atoms with van der Waals surface area (Å²) in [4.78, 5) is 24.4. The van der Waals surface area contributed by atoms with Gasteiger partial charge in [-0.05, 0) is 66.3 Å². The zero-order valence-corrected chi connectivity index (χ0v) is 21.5. The Hall–Kier alpha value is -4.01. The molecule has 1 aliphatic heterocycles. The molecule has 0 bridgehead atoms. The molecule has 1 heterocycles. The van der Waals surface area contributed by atoms with Crippen molar-refractivity contribution in [2.45, 2.75) is 38.1 Å². The first kappa shape index (κ1) is 26.1. The smallest absolute Gasteiger partial charge is 0.303 e. The van der Waals surface area contributed by atoms with E-state index in [-0.39, 0.29) is 30.7 Å². The summed E-state index contributed by atoms with van der Waals surface area (Å²) in [5.41, 5.74) is 3.69. The maximum absolute atomic E-state index is 13.2. The third kappa shape index (κ3) is 5.40. The van der Waals surface area contributed by atoms with Gasteiger partial charge in [0.05, 0.1) is 46.6 Å². The van der Waals surface area contributed by atoms with Crippen LogP contribution in [0.5, 0.6) is 23.0 Å². The van der Waals surface area contributed by atoms with E-state index in [2.05, 4.69) is 6.08 Å². The molecule has 2 aromatic carbocycles. The molecule has 2 aromatic rings. The molecular formula is C28H32N2O7. The molecule has 37 heavy (non-hydrogen) atoms. The summed E-state index contributed by atoms with van der Waals surface area (Å²) in [6.45, 7) is 0. The number of carboxylic acids is 1. The first-order valence-corrected chi connectivity index (χ1v) is 12.2. The molecule has 1 fully saturated rings. The first-order chi connectivity index (χ1) is 17.9. The van der Waals surface area contributed by atoms with Gasteiger partial charge in [-0.2, -0.15) is 5.10 Å². The van der Waals surface area contributed by atoms with Crippen LogP contribution in [0.15, 0.2) is 47.1 Å². The van der Waals surface area contributed by atoms with Gasteiger partial charge in [-0.25, -0.2) is 5.01 Å². The molecule has 196 valence electrons. The fourth-order valence-corrected chi connectivity index (χ4v) is 5.05. The van der Waals surface area contributed by atoms with Gasteiger partial charge in [0.1, 0.15) is 0 Å². The van der Waals surface area contributed by atoms with Crippen molar-refractivity contribution < 1.29 is 33.6 Å². The lowest BCUT2D eigenvalue weighted by Crippen LogP contribution is -2.32. The van der Waals surface area contributed by atoms with Crippen molar-refractivity contribution in [2.24, 2.45) is 11.0 Å². The number of carboxylic acid groups (broad SMARTS) is 1. The third-order valence-electron chi connectivity index (χ3n) is 6.81. The molecule has 0 unspecified atom stereocenters. The zero-order chi connectivity index (χ0) is 26.5. The molecule has 9 nitrogen and oxygen atoms in total. The van der Waals surface area contributed by atoms with Crippen molar-refractivity contribution >= 4 is 23.7 Å². The number of nitrogens with zero attached hydrogens (tertiary/aromatic N) is 2. The van der Waals surface area contributed by atoms with Crippen LogP contribution in [0, 0.1) is 5.92 Å². The average Bonchev–Trinajstić information content (AvgIpc) is 3.32. The lowest BCUT2D eigenvalue weighted by atomic mass is 9.77. The Morgan fingerprint density at radius 2 is 1.59 bits per heavy atom. The highest BCUT2D eigenvalue weighted by Crippen LogP contribution is 2.46. The summed E-state index contributed by atoms with van der Waals surface area (Å²) in [5, 5.41) is 15.4. The van der Waals surface area contributed by atoms with E-state index in [0.29, 0.717) is 23.0 Å². The van der Waals surface area contributed by atoms with E-state index in [1.807, 2.05) is 36.4 Å². The lowest BCUT2D eigenvalue weighted by molar-refractivity contribution is -0.141. The largest absolute Gasteiger partial charge is 0.493 e. The zero-order valence-electron chi connectivity index (χ0n) is 21.5. The standard InChI is InChI=1S/C28H32N2O7/c1-34-21-10-8-17(15-23(21)36-3)14-18-6-5-7-20-27(18)29-30(25(31)12-13-26(32)33)28(20)19-9-11-22(35-2)24(16-19)37-4/h8-11,14-16,20,28H,5-7,12-13H2,1-4H3,(H,32,33)/b18-14+/t20-,28+/m1/s1. The summed E-state index contributed by atoms with van der Waals surface area (Å²) in [6, 6.07) is 10.9. The van der Waals surface area contributed by atoms with Crippen LogP contribution in [0.1, 0.15) is 49.3 Å². The number of methoxy groups -OCH3 is 4. The molecule has 0 spiro atoms. The Morgan fingerprint density at radius 3 is 2.24 bits per heavy atom. The molecule has 0 saturated heterocycles. The van der Waals surface area contributed by atoms with Gasteiger partial charge in [-0.3, -0.25) is 9.59 Å². The van der Waals surface area contributed by atoms with Crippen LogP contribution in [0.2, 0.25) is 0 Å². The van der Waals surface area contributed by atoms with Crippen LogP contribution < -0.4 is 18.9 Å². The van der Waals surface area contributed by atoms with Gasteiger partial charge in [-0.15, -0.1) is 0 Å². The molecule has 1 saturated carbocycles. The van der Waals surface area contributed by atoms with Gasteiger partial charge in [0.15, 0.2) is 23.0 Å². The van der Waals surface area contributed by atoms with Crippen molar-refractivity contribution in [1.82, 2.24) is 5.01 Å². The van der Waals surface area contributed by atoms with E-state index < -0.39 is 5.97 Å². The Bertz CT molecular complexity index is 1240. The Balaban J connectivity index is 1.74. The van der Waals surface area contributed by atoms with E-state index in [1.54, 1.807) is 28.4 Å². The predicted molar refractivity (Wildman–Crippen MR) is 138 cm³/mol. The molecular weight excluding hydrogens is 476 g/mol. The number of carbonyl (C=O) groups excluding carboxylic acids is 1. The summed E-state index contributed by atoms with van der Waals surface area (Å²) >= 11 is 0. The van der Waals surface area contributed by atoms with Gasteiger partial charge in [0, 0.05) is 12.3 Å². The minimum absolute atomic E-state index is 0.0352. The molecule has 4 rings (SSSR count). The van der Waals surface area contributed by atoms with Crippen LogP contribution in [-0.2, 0) is 9.59 Å². The first-order valence-electron chi connectivity index (χ1n) is 12.2. The van der Waals surface area contributed by atoms with E-state index in [4.69, 9.17) is 29.2 Å². The number of ether oxygens (including phenoxy) is 4. The van der Waals surface area contributed by atoms with Crippen molar-refractivity contribution in [2.75, 3.05) is 28.4 Å². The highest BCUT2D eigenvalue weighted by Gasteiger charge is 2.43. The second-order valence-corrected chi connectivity index (χ2v) is 8.96. The number of allylic oxidation sites excluding steroid dienone is 1. The number of aliphatic carboxylic acids is 1. The van der Waals surface area contributed by atoms with Crippen LogP contribution in [0.3, 0.4) is 0 Å².